The molecule has 262 valence electrons. The Labute approximate surface area is 292 Å². The van der Waals surface area contributed by atoms with Gasteiger partial charge < -0.3 is 15.5 Å². The summed E-state index contributed by atoms with van der Waals surface area (Å²) in [6, 6.07) is 18.2. The molecule has 3 amide bonds. The van der Waals surface area contributed by atoms with Gasteiger partial charge in [-0.2, -0.15) is 4.98 Å². The zero-order valence-corrected chi connectivity index (χ0v) is 29.4. The van der Waals surface area contributed by atoms with Crippen molar-refractivity contribution in [1.82, 2.24) is 29.9 Å². The summed E-state index contributed by atoms with van der Waals surface area (Å²) in [7, 11) is -3.69. The van der Waals surface area contributed by atoms with Crippen LogP contribution in [0, 0.1) is 6.92 Å². The quantitative estimate of drug-likeness (QED) is 0.184. The number of piperazine rings is 1. The van der Waals surface area contributed by atoms with Gasteiger partial charge in [-0.15, -0.1) is 0 Å². The first kappa shape index (κ1) is 34.7. The molecule has 0 radical (unpaired) electrons. The normalized spacial score (nSPS) is 15.9. The van der Waals surface area contributed by atoms with E-state index in [1.807, 2.05) is 31.2 Å². The van der Waals surface area contributed by atoms with Gasteiger partial charge in [-0.1, -0.05) is 6.07 Å². The van der Waals surface area contributed by atoms with Crippen LogP contribution in [0.2, 0.25) is 0 Å². The Morgan fingerprint density at radius 3 is 2.26 bits per heavy atom. The van der Waals surface area contributed by atoms with Crippen LogP contribution in [-0.2, 0) is 21.4 Å². The zero-order chi connectivity index (χ0) is 35.5. The monoisotopic (exact) mass is 698 g/mol. The molecule has 2 aliphatic rings. The number of amides is 3. The molecule has 4 N–H and O–H groups in total. The van der Waals surface area contributed by atoms with Gasteiger partial charge in [0.2, 0.25) is 21.9 Å². The van der Waals surface area contributed by atoms with Crippen molar-refractivity contribution in [3.63, 3.8) is 0 Å². The molecule has 4 aromatic rings. The first-order chi connectivity index (χ1) is 23.8. The second-order valence-electron chi connectivity index (χ2n) is 13.4. The third-order valence-corrected chi connectivity index (χ3v) is 10.00. The van der Waals surface area contributed by atoms with Crippen LogP contribution in [-0.4, -0.2) is 78.5 Å². The van der Waals surface area contributed by atoms with Crippen molar-refractivity contribution in [1.29, 1.82) is 0 Å². The topological polar surface area (TPSA) is 165 Å². The number of benzene rings is 2. The summed E-state index contributed by atoms with van der Waals surface area (Å²) >= 11 is 0. The van der Waals surface area contributed by atoms with Crippen LogP contribution >= 0.6 is 0 Å². The molecule has 2 aliphatic heterocycles. The predicted octanol–water partition coefficient (Wildman–Crippen LogP) is 4.51. The molecule has 4 heterocycles. The fraction of sp³-hybridized carbons (Fsp3) is 0.343. The summed E-state index contributed by atoms with van der Waals surface area (Å²) in [4.78, 5) is 43.6. The highest BCUT2D eigenvalue weighted by molar-refractivity contribution is 7.89. The van der Waals surface area contributed by atoms with Crippen LogP contribution < -0.4 is 30.5 Å². The van der Waals surface area contributed by atoms with Gasteiger partial charge in [0.05, 0.1) is 22.5 Å². The molecule has 0 aliphatic carbocycles. The number of carbonyl (C=O) groups excluding carboxylic acids is 2. The molecule has 6 rings (SSSR count). The van der Waals surface area contributed by atoms with E-state index in [0.717, 1.165) is 48.8 Å². The Hall–Kier alpha value is -5.12. The number of nitrogens with one attached hydrogen (secondary N) is 4. The molecular formula is C35H42N10O4S. The lowest BCUT2D eigenvalue weighted by Crippen LogP contribution is -2.49. The first-order valence-corrected chi connectivity index (χ1v) is 17.9. The fourth-order valence-electron chi connectivity index (χ4n) is 5.73. The average Bonchev–Trinajstić information content (AvgIpc) is 3.07. The zero-order valence-electron chi connectivity index (χ0n) is 28.6. The maximum Gasteiger partial charge on any atom is 0.328 e. The number of aromatic nitrogens is 3. The molecule has 14 nitrogen and oxygen atoms in total. The van der Waals surface area contributed by atoms with E-state index >= 15 is 0 Å². The van der Waals surface area contributed by atoms with Crippen LogP contribution in [0.3, 0.4) is 0 Å². The van der Waals surface area contributed by atoms with Crippen molar-refractivity contribution in [2.45, 2.75) is 51.1 Å². The van der Waals surface area contributed by atoms with Gasteiger partial charge in [-0.25, -0.2) is 22.9 Å². The van der Waals surface area contributed by atoms with E-state index in [9.17, 15) is 18.0 Å². The molecule has 50 heavy (non-hydrogen) atoms. The average molecular weight is 699 g/mol. The van der Waals surface area contributed by atoms with E-state index in [-0.39, 0.29) is 17.2 Å². The van der Waals surface area contributed by atoms with Gasteiger partial charge in [-0.05, 0) is 82.3 Å². The van der Waals surface area contributed by atoms with E-state index in [1.54, 1.807) is 57.4 Å². The third kappa shape index (κ3) is 8.72. The van der Waals surface area contributed by atoms with Gasteiger partial charge in [0, 0.05) is 80.1 Å². The van der Waals surface area contributed by atoms with E-state index < -0.39 is 21.6 Å². The van der Waals surface area contributed by atoms with Crippen LogP contribution in [0.1, 0.15) is 38.4 Å². The Balaban J connectivity index is 1.01. The number of anilines is 6. The molecule has 2 fully saturated rings. The van der Waals surface area contributed by atoms with Crippen molar-refractivity contribution in [3.8, 4) is 0 Å². The summed E-state index contributed by atoms with van der Waals surface area (Å²) in [5.74, 6) is 0.719. The summed E-state index contributed by atoms with van der Waals surface area (Å²) in [6.07, 6.45) is 3.69. The molecule has 0 saturated carbocycles. The highest BCUT2D eigenvalue weighted by Gasteiger charge is 2.25. The van der Waals surface area contributed by atoms with Gasteiger partial charge in [0.25, 0.3) is 0 Å². The fourth-order valence-corrected chi connectivity index (χ4v) is 7.19. The minimum absolute atomic E-state index is 0.165. The Kier molecular flexibility index (Phi) is 10.00. The second kappa shape index (κ2) is 14.4. The highest BCUT2D eigenvalue weighted by Crippen LogP contribution is 2.25. The molecule has 0 atom stereocenters. The number of imide groups is 1. The van der Waals surface area contributed by atoms with Crippen molar-refractivity contribution in [2.75, 3.05) is 53.2 Å². The molecule has 0 unspecified atom stereocenters. The molecule has 0 bridgehead atoms. The Bertz CT molecular complexity index is 1960. The van der Waals surface area contributed by atoms with E-state index in [1.165, 1.54) is 4.90 Å². The summed E-state index contributed by atoms with van der Waals surface area (Å²) in [5, 5.41) is 8.85. The first-order valence-electron chi connectivity index (χ1n) is 16.5. The summed E-state index contributed by atoms with van der Waals surface area (Å²) < 4.78 is 28.4. The summed E-state index contributed by atoms with van der Waals surface area (Å²) in [5.41, 5.74) is 4.37. The van der Waals surface area contributed by atoms with Crippen molar-refractivity contribution >= 4 is 56.5 Å². The highest BCUT2D eigenvalue weighted by atomic mass is 32.2. The lowest BCUT2D eigenvalue weighted by molar-refractivity contribution is -0.120. The number of nitrogens with zero attached hydrogens (tertiary/aromatic N) is 6. The standard InChI is InChI=1S/C35H42N10O4S/c1-24-21-37-33(41-32(24)38-26-6-5-7-30(20-26)50(48,49)42-35(2,3)4)39-25-8-11-28(12-9-25)44-18-16-43(17-19-44)23-27-10-13-29(22-36-27)45-15-14-31(46)40-34(45)47/h5-13,20-22,42H,14-19,23H2,1-4H3,(H,40,46,47)(H2,37,38,39,41). The minimum Gasteiger partial charge on any atom is -0.369 e. The van der Waals surface area contributed by atoms with Crippen molar-refractivity contribution in [2.24, 2.45) is 0 Å². The number of hydrogen-bond donors (Lipinski definition) is 4. The molecular weight excluding hydrogens is 657 g/mol. The van der Waals surface area contributed by atoms with Crippen LogP contribution in [0.25, 0.3) is 0 Å². The van der Waals surface area contributed by atoms with E-state index in [4.69, 9.17) is 0 Å². The van der Waals surface area contributed by atoms with Gasteiger partial charge in [-0.3, -0.25) is 24.9 Å². The largest absolute Gasteiger partial charge is 0.369 e. The lowest BCUT2D eigenvalue weighted by Gasteiger charge is -2.36. The SMILES string of the molecule is Cc1cnc(Nc2ccc(N3CCN(Cc4ccc(N5CCC(=O)NC5=O)cn4)CC3)cc2)nc1Nc1cccc(S(=O)(=O)NC(C)(C)C)c1. The third-order valence-electron chi connectivity index (χ3n) is 8.24. The van der Waals surface area contributed by atoms with Crippen LogP contribution in [0.5, 0.6) is 0 Å². The molecule has 15 heteroatoms. The number of carbonyl (C=O) groups is 2. The number of aryl methyl sites for hydroxylation is 1. The van der Waals surface area contributed by atoms with Crippen molar-refractivity contribution in [3.05, 3.63) is 84.3 Å². The minimum atomic E-state index is -3.69. The van der Waals surface area contributed by atoms with E-state index in [0.29, 0.717) is 36.2 Å². The number of sulfonamides is 1. The lowest BCUT2D eigenvalue weighted by atomic mass is 10.1. The van der Waals surface area contributed by atoms with Gasteiger partial charge >= 0.3 is 6.03 Å². The Morgan fingerprint density at radius 1 is 0.840 bits per heavy atom. The van der Waals surface area contributed by atoms with E-state index in [2.05, 4.69) is 57.6 Å². The van der Waals surface area contributed by atoms with Gasteiger partial charge in [0.15, 0.2) is 0 Å². The maximum atomic E-state index is 12.9. The second-order valence-corrected chi connectivity index (χ2v) is 15.1. The number of rotatable bonds is 10. The molecule has 2 aromatic carbocycles. The molecule has 2 saturated heterocycles. The predicted molar refractivity (Wildman–Crippen MR) is 194 cm³/mol. The number of urea groups is 1. The van der Waals surface area contributed by atoms with Crippen molar-refractivity contribution < 1.29 is 18.0 Å². The Morgan fingerprint density at radius 2 is 1.58 bits per heavy atom. The number of hydrogen-bond acceptors (Lipinski definition) is 11. The van der Waals surface area contributed by atoms with Crippen LogP contribution in [0.15, 0.2) is 78.0 Å². The molecule has 0 spiro atoms. The summed E-state index contributed by atoms with van der Waals surface area (Å²) in [6.45, 7) is 11.9. The number of pyridine rings is 1. The van der Waals surface area contributed by atoms with Gasteiger partial charge in [0.1, 0.15) is 5.82 Å². The van der Waals surface area contributed by atoms with Crippen LogP contribution in [0.4, 0.5) is 39.3 Å². The molecule has 2 aromatic heterocycles. The maximum absolute atomic E-state index is 12.9. The smallest absolute Gasteiger partial charge is 0.328 e.